The van der Waals surface area contributed by atoms with Gasteiger partial charge in [-0.25, -0.2) is 22.9 Å². The second-order valence-electron chi connectivity index (χ2n) is 8.82. The number of rotatable bonds is 9. The van der Waals surface area contributed by atoms with E-state index in [-0.39, 0.29) is 34.8 Å². The average Bonchev–Trinajstić information content (AvgIpc) is 3.25. The molecule has 0 radical (unpaired) electrons. The van der Waals surface area contributed by atoms with E-state index in [9.17, 15) is 18.0 Å². The number of carbonyl (C=O) groups excluding carboxylic acids is 1. The van der Waals surface area contributed by atoms with Crippen molar-refractivity contribution in [3.05, 3.63) is 96.1 Å². The largest absolute Gasteiger partial charge is 0.489 e. The molecule has 2 N–H and O–H groups in total. The van der Waals surface area contributed by atoms with Crippen molar-refractivity contribution in [1.29, 1.82) is 0 Å². The lowest BCUT2D eigenvalue weighted by atomic mass is 10.1. The number of hydrogen-bond donors (Lipinski definition) is 1. The minimum Gasteiger partial charge on any atom is -0.489 e. The summed E-state index contributed by atoms with van der Waals surface area (Å²) in [5, 5.41) is 0. The second-order valence-corrected chi connectivity index (χ2v) is 8.82. The number of fused-ring (bicyclic) bond motifs is 1. The third-order valence-electron chi connectivity index (χ3n) is 6.12. The number of ether oxygens (including phenoxy) is 3. The molecule has 1 atom stereocenters. The maximum Gasteiger partial charge on any atom is 0.409 e. The van der Waals surface area contributed by atoms with Gasteiger partial charge in [-0.2, -0.15) is 9.37 Å². The van der Waals surface area contributed by atoms with E-state index < -0.39 is 30.6 Å². The van der Waals surface area contributed by atoms with E-state index in [0.717, 1.165) is 11.9 Å². The van der Waals surface area contributed by atoms with Gasteiger partial charge in [0.25, 0.3) is 6.36 Å². The standard InChI is InChI=1S/C29H22F4N4O4/c1-16-23-25(28(36-15-35-23)41-27(33)26(31)32)37(24(16)18-7-9-19(10-8-18)40-29(34)38)22-12-11-20(13-21(22)30)39-14-17-5-3-2-4-6-17/h2-13,15,26-27H,14H2,1H3,(H2,34,38). The van der Waals surface area contributed by atoms with Gasteiger partial charge in [0, 0.05) is 11.6 Å². The fourth-order valence-corrected chi connectivity index (χ4v) is 4.36. The van der Waals surface area contributed by atoms with Crippen molar-refractivity contribution >= 4 is 17.1 Å². The van der Waals surface area contributed by atoms with Gasteiger partial charge < -0.3 is 19.9 Å². The SMILES string of the molecule is Cc1c(-c2ccc(OC(N)=O)cc2)n(-c2ccc(OCc3ccccc3)cc2F)c2c(OC(F)C(F)F)ncnc12. The van der Waals surface area contributed by atoms with Crippen LogP contribution in [0.2, 0.25) is 0 Å². The van der Waals surface area contributed by atoms with Crippen molar-refractivity contribution in [2.45, 2.75) is 26.3 Å². The van der Waals surface area contributed by atoms with Gasteiger partial charge in [0.05, 0.1) is 16.9 Å². The van der Waals surface area contributed by atoms with Gasteiger partial charge in [0.2, 0.25) is 5.88 Å². The number of benzene rings is 3. The van der Waals surface area contributed by atoms with Gasteiger partial charge in [-0.15, -0.1) is 0 Å². The maximum atomic E-state index is 15.8. The third-order valence-corrected chi connectivity index (χ3v) is 6.12. The molecule has 0 aliphatic carbocycles. The number of nitrogens with two attached hydrogens (primary N) is 1. The van der Waals surface area contributed by atoms with Gasteiger partial charge in [-0.3, -0.25) is 4.57 Å². The lowest BCUT2D eigenvalue weighted by molar-refractivity contribution is -0.0683. The summed E-state index contributed by atoms with van der Waals surface area (Å²) in [7, 11) is 0. The van der Waals surface area contributed by atoms with E-state index in [1.165, 1.54) is 34.9 Å². The minimum absolute atomic E-state index is 0.0300. The number of aryl methyl sites for hydroxylation is 1. The Hall–Kier alpha value is -5.13. The van der Waals surface area contributed by atoms with Crippen LogP contribution in [0.25, 0.3) is 28.0 Å². The zero-order valence-corrected chi connectivity index (χ0v) is 21.4. The highest BCUT2D eigenvalue weighted by Crippen LogP contribution is 2.40. The highest BCUT2D eigenvalue weighted by atomic mass is 19.3. The topological polar surface area (TPSA) is 101 Å². The normalized spacial score (nSPS) is 12.0. The number of carbonyl (C=O) groups is 1. The molecule has 5 aromatic rings. The zero-order chi connectivity index (χ0) is 29.1. The van der Waals surface area contributed by atoms with E-state index in [1.807, 2.05) is 30.3 Å². The molecule has 3 aromatic carbocycles. The predicted molar refractivity (Wildman–Crippen MR) is 142 cm³/mol. The molecule has 0 aliphatic rings. The Balaban J connectivity index is 1.65. The number of aromatic nitrogens is 3. The van der Waals surface area contributed by atoms with Crippen LogP contribution in [0.15, 0.2) is 79.1 Å². The Kier molecular flexibility index (Phi) is 7.72. The maximum absolute atomic E-state index is 15.8. The van der Waals surface area contributed by atoms with Crippen LogP contribution in [0, 0.1) is 12.7 Å². The van der Waals surface area contributed by atoms with Crippen LogP contribution in [-0.2, 0) is 6.61 Å². The third kappa shape index (κ3) is 5.76. The summed E-state index contributed by atoms with van der Waals surface area (Å²) in [6.07, 6.45) is -6.39. The van der Waals surface area contributed by atoms with Crippen molar-refractivity contribution in [2.24, 2.45) is 5.73 Å². The van der Waals surface area contributed by atoms with Crippen LogP contribution in [0.1, 0.15) is 11.1 Å². The van der Waals surface area contributed by atoms with Crippen molar-refractivity contribution in [3.63, 3.8) is 0 Å². The monoisotopic (exact) mass is 566 g/mol. The summed E-state index contributed by atoms with van der Waals surface area (Å²) >= 11 is 0. The summed E-state index contributed by atoms with van der Waals surface area (Å²) in [6.45, 7) is 1.88. The summed E-state index contributed by atoms with van der Waals surface area (Å²) in [6, 6.07) is 19.5. The minimum atomic E-state index is -3.44. The highest BCUT2D eigenvalue weighted by Gasteiger charge is 2.28. The molecule has 2 aromatic heterocycles. The number of amides is 1. The molecular weight excluding hydrogens is 544 g/mol. The molecule has 0 aliphatic heterocycles. The van der Waals surface area contributed by atoms with Crippen molar-refractivity contribution in [3.8, 4) is 34.3 Å². The molecular formula is C29H22F4N4O4. The number of hydrogen-bond acceptors (Lipinski definition) is 6. The van der Waals surface area contributed by atoms with E-state index in [4.69, 9.17) is 19.9 Å². The fraction of sp³-hybridized carbons (Fsp3) is 0.138. The number of primary amides is 1. The molecule has 41 heavy (non-hydrogen) atoms. The summed E-state index contributed by atoms with van der Waals surface area (Å²) in [5.74, 6) is -0.835. The van der Waals surface area contributed by atoms with Gasteiger partial charge in [-0.1, -0.05) is 30.3 Å². The number of alkyl halides is 3. The molecule has 0 saturated carbocycles. The van der Waals surface area contributed by atoms with Crippen LogP contribution >= 0.6 is 0 Å². The average molecular weight is 567 g/mol. The van der Waals surface area contributed by atoms with Crippen LogP contribution in [-0.4, -0.2) is 33.4 Å². The molecule has 8 nitrogen and oxygen atoms in total. The quantitative estimate of drug-likeness (QED) is 0.204. The van der Waals surface area contributed by atoms with E-state index in [0.29, 0.717) is 16.8 Å². The Morgan fingerprint density at radius 1 is 0.976 bits per heavy atom. The zero-order valence-electron chi connectivity index (χ0n) is 21.4. The molecule has 5 rings (SSSR count). The van der Waals surface area contributed by atoms with Crippen molar-refractivity contribution < 1.29 is 36.6 Å². The van der Waals surface area contributed by atoms with E-state index in [2.05, 4.69) is 9.97 Å². The lowest BCUT2D eigenvalue weighted by Gasteiger charge is -2.16. The lowest BCUT2D eigenvalue weighted by Crippen LogP contribution is -2.20. The van der Waals surface area contributed by atoms with E-state index >= 15 is 4.39 Å². The van der Waals surface area contributed by atoms with Crippen LogP contribution in [0.5, 0.6) is 17.4 Å². The summed E-state index contributed by atoms with van der Waals surface area (Å²) in [5.41, 5.74) is 7.48. The molecule has 0 saturated heterocycles. The molecule has 0 fully saturated rings. The van der Waals surface area contributed by atoms with Crippen LogP contribution < -0.4 is 19.9 Å². The van der Waals surface area contributed by atoms with Crippen LogP contribution in [0.3, 0.4) is 0 Å². The van der Waals surface area contributed by atoms with Crippen LogP contribution in [0.4, 0.5) is 22.4 Å². The Labute approximate surface area is 230 Å². The molecule has 210 valence electrons. The first-order valence-electron chi connectivity index (χ1n) is 12.2. The van der Waals surface area contributed by atoms with Gasteiger partial charge in [-0.05, 0) is 54.4 Å². The number of halogens is 4. The number of nitrogens with zero attached hydrogens (tertiary/aromatic N) is 3. The summed E-state index contributed by atoms with van der Waals surface area (Å²) in [4.78, 5) is 19.2. The molecule has 1 unspecified atom stereocenters. The Bertz CT molecular complexity index is 1700. The Morgan fingerprint density at radius 3 is 2.34 bits per heavy atom. The fourth-order valence-electron chi connectivity index (χ4n) is 4.36. The first kappa shape index (κ1) is 27.4. The van der Waals surface area contributed by atoms with Crippen molar-refractivity contribution in [2.75, 3.05) is 0 Å². The second kappa shape index (κ2) is 11.5. The summed E-state index contributed by atoms with van der Waals surface area (Å²) < 4.78 is 72.7. The molecule has 0 bridgehead atoms. The predicted octanol–water partition coefficient (Wildman–Crippen LogP) is 6.51. The van der Waals surface area contributed by atoms with E-state index in [1.54, 1.807) is 19.1 Å². The molecule has 1 amide bonds. The smallest absolute Gasteiger partial charge is 0.409 e. The van der Waals surface area contributed by atoms with Crippen molar-refractivity contribution in [1.82, 2.24) is 14.5 Å². The first-order valence-corrected chi connectivity index (χ1v) is 12.2. The Morgan fingerprint density at radius 2 is 1.68 bits per heavy atom. The first-order chi connectivity index (χ1) is 19.7. The van der Waals surface area contributed by atoms with Gasteiger partial charge in [0.1, 0.15) is 29.9 Å². The highest BCUT2D eigenvalue weighted by molar-refractivity contribution is 5.93. The molecule has 12 heteroatoms. The molecule has 0 spiro atoms. The van der Waals surface area contributed by atoms with Gasteiger partial charge >= 0.3 is 12.5 Å². The van der Waals surface area contributed by atoms with Gasteiger partial charge in [0.15, 0.2) is 5.82 Å². The molecule has 2 heterocycles.